The largest absolute Gasteiger partial charge is 0.491 e. The van der Waals surface area contributed by atoms with Crippen molar-refractivity contribution in [2.75, 3.05) is 26.1 Å². The zero-order chi connectivity index (χ0) is 31.1. The first-order valence-corrected chi connectivity index (χ1v) is 15.2. The lowest BCUT2D eigenvalue weighted by Crippen LogP contribution is -2.45. The van der Waals surface area contributed by atoms with Crippen LogP contribution in [0.15, 0.2) is 72.8 Å². The van der Waals surface area contributed by atoms with Crippen LogP contribution in [0.3, 0.4) is 0 Å². The Bertz CT molecular complexity index is 1510. The molecule has 0 saturated carbocycles. The molecular weight excluding hydrogens is 563 g/mol. The van der Waals surface area contributed by atoms with Crippen molar-refractivity contribution in [1.82, 2.24) is 10.0 Å². The van der Waals surface area contributed by atoms with Crippen LogP contribution in [0, 0.1) is 0 Å². The van der Waals surface area contributed by atoms with Gasteiger partial charge in [0, 0.05) is 11.5 Å². The molecule has 42 heavy (non-hydrogen) atoms. The summed E-state index contributed by atoms with van der Waals surface area (Å²) in [6.07, 6.45) is 0.168. The summed E-state index contributed by atoms with van der Waals surface area (Å²) in [6, 6.07) is 20.3. The number of ether oxygens (including phenoxy) is 2. The van der Waals surface area contributed by atoms with Gasteiger partial charge in [-0.1, -0.05) is 61.5 Å². The molecule has 0 heterocycles. The second kappa shape index (κ2) is 13.3. The molecule has 0 spiro atoms. The van der Waals surface area contributed by atoms with Crippen molar-refractivity contribution in [2.45, 2.75) is 44.8 Å². The SMILES string of the molecule is CC(c1ccc(-c2cccc(OCCF)c2)c(C(=O)NS(C)(=O)=O)c1)[C@](O)(CNC(=O)OC(C)(C)C)c1ccccc1. The van der Waals surface area contributed by atoms with Gasteiger partial charge >= 0.3 is 6.09 Å². The van der Waals surface area contributed by atoms with E-state index in [4.69, 9.17) is 9.47 Å². The summed E-state index contributed by atoms with van der Waals surface area (Å²) < 4.78 is 49.3. The number of rotatable bonds is 11. The molecule has 1 unspecified atom stereocenters. The molecule has 3 aromatic carbocycles. The van der Waals surface area contributed by atoms with Crippen LogP contribution in [0.1, 0.15) is 55.1 Å². The monoisotopic (exact) mass is 600 g/mol. The smallest absolute Gasteiger partial charge is 0.407 e. The fraction of sp³-hybridized carbons (Fsp3) is 0.355. The van der Waals surface area contributed by atoms with Crippen LogP contribution in [-0.4, -0.2) is 57.2 Å². The molecule has 0 aromatic heterocycles. The maximum absolute atomic E-state index is 13.2. The molecule has 0 aliphatic heterocycles. The van der Waals surface area contributed by atoms with Crippen molar-refractivity contribution >= 4 is 22.0 Å². The molecule has 3 N–H and O–H groups in total. The van der Waals surface area contributed by atoms with Gasteiger partial charge in [-0.15, -0.1) is 0 Å². The number of halogens is 1. The van der Waals surface area contributed by atoms with E-state index < -0.39 is 45.8 Å². The van der Waals surface area contributed by atoms with E-state index in [0.717, 1.165) is 6.26 Å². The van der Waals surface area contributed by atoms with Gasteiger partial charge in [-0.3, -0.25) is 4.79 Å². The van der Waals surface area contributed by atoms with Gasteiger partial charge in [-0.05, 0) is 61.2 Å². The first kappa shape index (κ1) is 32.6. The fourth-order valence-corrected chi connectivity index (χ4v) is 4.88. The third kappa shape index (κ3) is 8.77. The number of carbonyl (C=O) groups is 2. The predicted molar refractivity (Wildman–Crippen MR) is 159 cm³/mol. The van der Waals surface area contributed by atoms with E-state index in [0.29, 0.717) is 28.0 Å². The van der Waals surface area contributed by atoms with Crippen LogP contribution in [0.5, 0.6) is 5.75 Å². The summed E-state index contributed by atoms with van der Waals surface area (Å²) in [5.41, 5.74) is -0.418. The number of alkyl halides is 1. The summed E-state index contributed by atoms with van der Waals surface area (Å²) in [4.78, 5) is 25.7. The molecule has 0 saturated heterocycles. The second-order valence-electron chi connectivity index (χ2n) is 10.9. The Hall–Kier alpha value is -3.96. The van der Waals surface area contributed by atoms with Gasteiger partial charge in [0.15, 0.2) is 0 Å². The minimum Gasteiger partial charge on any atom is -0.491 e. The molecule has 0 bridgehead atoms. The van der Waals surface area contributed by atoms with Crippen molar-refractivity contribution < 1.29 is 37.0 Å². The Balaban J connectivity index is 2.09. The summed E-state index contributed by atoms with van der Waals surface area (Å²) in [5, 5.41) is 14.7. The topological polar surface area (TPSA) is 131 Å². The van der Waals surface area contributed by atoms with E-state index in [1.807, 2.05) is 4.72 Å². The Morgan fingerprint density at radius 3 is 2.31 bits per heavy atom. The molecule has 0 radical (unpaired) electrons. The number of hydrogen-bond donors (Lipinski definition) is 3. The molecule has 11 heteroatoms. The van der Waals surface area contributed by atoms with Crippen molar-refractivity contribution in [3.63, 3.8) is 0 Å². The van der Waals surface area contributed by atoms with Crippen LogP contribution in [0.4, 0.5) is 9.18 Å². The second-order valence-corrected chi connectivity index (χ2v) is 12.7. The Kier molecular flexibility index (Phi) is 10.3. The molecule has 3 aromatic rings. The third-order valence-electron chi connectivity index (χ3n) is 6.45. The average molecular weight is 601 g/mol. The number of sulfonamides is 1. The Labute approximate surface area is 246 Å². The van der Waals surface area contributed by atoms with E-state index in [2.05, 4.69) is 5.32 Å². The minimum absolute atomic E-state index is 0.0305. The first-order valence-electron chi connectivity index (χ1n) is 13.3. The highest BCUT2D eigenvalue weighted by Crippen LogP contribution is 2.38. The number of aliphatic hydroxyl groups is 1. The zero-order valence-electron chi connectivity index (χ0n) is 24.3. The summed E-state index contributed by atoms with van der Waals surface area (Å²) in [6.45, 7) is 5.89. The number of benzene rings is 3. The summed E-state index contributed by atoms with van der Waals surface area (Å²) in [7, 11) is -3.90. The standard InChI is InChI=1S/C31H37FN2O7S/c1-21(31(37,24-11-7-6-8-12-24)20-33-29(36)41-30(2,3)4)22-14-15-26(27(19-22)28(35)34-42(5,38)39)23-10-9-13-25(18-23)40-17-16-32/h6-15,18-19,21,37H,16-17,20H2,1-5H3,(H,33,36)(H,34,35)/t21?,31-/m1/s1. The fourth-order valence-electron chi connectivity index (χ4n) is 4.43. The maximum atomic E-state index is 13.2. The van der Waals surface area contributed by atoms with Gasteiger partial charge in [-0.25, -0.2) is 22.3 Å². The van der Waals surface area contributed by atoms with Crippen molar-refractivity contribution in [2.24, 2.45) is 0 Å². The summed E-state index contributed by atoms with van der Waals surface area (Å²) >= 11 is 0. The average Bonchev–Trinajstić information content (AvgIpc) is 2.93. The van der Waals surface area contributed by atoms with E-state index in [9.17, 15) is 27.5 Å². The highest BCUT2D eigenvalue weighted by atomic mass is 32.2. The van der Waals surface area contributed by atoms with E-state index in [1.54, 1.807) is 94.4 Å². The molecule has 9 nitrogen and oxygen atoms in total. The van der Waals surface area contributed by atoms with Crippen LogP contribution < -0.4 is 14.8 Å². The van der Waals surface area contributed by atoms with Gasteiger partial charge < -0.3 is 19.9 Å². The van der Waals surface area contributed by atoms with Gasteiger partial charge in [0.05, 0.1) is 12.8 Å². The highest BCUT2D eigenvalue weighted by Gasteiger charge is 2.38. The lowest BCUT2D eigenvalue weighted by molar-refractivity contribution is 0.00478. The van der Waals surface area contributed by atoms with Crippen molar-refractivity contribution in [3.05, 3.63) is 89.5 Å². The number of amides is 2. The van der Waals surface area contributed by atoms with Crippen molar-refractivity contribution in [3.8, 4) is 16.9 Å². The van der Waals surface area contributed by atoms with Crippen LogP contribution in [0.2, 0.25) is 0 Å². The lowest BCUT2D eigenvalue weighted by Gasteiger charge is -2.36. The first-order chi connectivity index (χ1) is 19.6. The van der Waals surface area contributed by atoms with Gasteiger partial charge in [-0.2, -0.15) is 0 Å². The maximum Gasteiger partial charge on any atom is 0.407 e. The van der Waals surface area contributed by atoms with Crippen LogP contribution >= 0.6 is 0 Å². The molecule has 0 aliphatic carbocycles. The summed E-state index contributed by atoms with van der Waals surface area (Å²) in [5.74, 6) is -1.19. The number of hydrogen-bond acceptors (Lipinski definition) is 7. The molecule has 2 atom stereocenters. The Morgan fingerprint density at radius 1 is 1.00 bits per heavy atom. The number of carbonyl (C=O) groups excluding carboxylic acids is 2. The van der Waals surface area contributed by atoms with Crippen LogP contribution in [-0.2, 0) is 20.4 Å². The van der Waals surface area contributed by atoms with Crippen LogP contribution in [0.25, 0.3) is 11.1 Å². The molecular formula is C31H37FN2O7S. The molecule has 0 aliphatic rings. The zero-order valence-corrected chi connectivity index (χ0v) is 25.1. The third-order valence-corrected chi connectivity index (χ3v) is 7.00. The minimum atomic E-state index is -3.90. The van der Waals surface area contributed by atoms with Gasteiger partial charge in [0.2, 0.25) is 10.0 Å². The number of nitrogens with one attached hydrogen (secondary N) is 2. The van der Waals surface area contributed by atoms with Crippen molar-refractivity contribution in [1.29, 1.82) is 0 Å². The molecule has 226 valence electrons. The number of alkyl carbamates (subject to hydrolysis) is 1. The Morgan fingerprint density at radius 2 is 1.69 bits per heavy atom. The highest BCUT2D eigenvalue weighted by molar-refractivity contribution is 7.89. The lowest BCUT2D eigenvalue weighted by atomic mass is 9.77. The normalized spacial score (nSPS) is 13.9. The molecule has 0 fully saturated rings. The van der Waals surface area contributed by atoms with E-state index in [-0.39, 0.29) is 18.7 Å². The van der Waals surface area contributed by atoms with E-state index >= 15 is 0 Å². The molecule has 3 rings (SSSR count). The predicted octanol–water partition coefficient (Wildman–Crippen LogP) is 4.91. The van der Waals surface area contributed by atoms with Gasteiger partial charge in [0.25, 0.3) is 5.91 Å². The quantitative estimate of drug-likeness (QED) is 0.285. The molecule has 2 amide bonds. The van der Waals surface area contributed by atoms with Gasteiger partial charge in [0.1, 0.15) is 30.2 Å². The van der Waals surface area contributed by atoms with E-state index in [1.165, 1.54) is 6.07 Å².